The third-order valence-corrected chi connectivity index (χ3v) is 7.63. The molecular weight excluding hydrogens is 464 g/mol. The number of benzene rings is 1. The number of aromatic nitrogens is 3. The van der Waals surface area contributed by atoms with E-state index in [4.69, 9.17) is 15.5 Å². The number of imidazole rings is 1. The maximum absolute atomic E-state index is 13.6. The molecule has 1 fully saturated rings. The van der Waals surface area contributed by atoms with Gasteiger partial charge in [0.15, 0.2) is 0 Å². The molecule has 1 atom stereocenters. The fourth-order valence-corrected chi connectivity index (χ4v) is 5.83. The van der Waals surface area contributed by atoms with Crippen molar-refractivity contribution in [2.75, 3.05) is 26.4 Å². The number of anilines is 1. The second-order valence-electron chi connectivity index (χ2n) is 8.65. The van der Waals surface area contributed by atoms with E-state index in [1.807, 2.05) is 45.9 Å². The van der Waals surface area contributed by atoms with Crippen LogP contribution in [0, 0.1) is 0 Å². The molecule has 0 radical (unpaired) electrons. The molecule has 4 heterocycles. The van der Waals surface area contributed by atoms with Crippen LogP contribution in [0.1, 0.15) is 46.5 Å². The first-order chi connectivity index (χ1) is 17.0. The van der Waals surface area contributed by atoms with Gasteiger partial charge >= 0.3 is 0 Å². The van der Waals surface area contributed by atoms with Crippen molar-refractivity contribution in [1.82, 2.24) is 24.8 Å². The topological polar surface area (TPSA) is 115 Å². The summed E-state index contributed by atoms with van der Waals surface area (Å²) in [4.78, 5) is 38.4. The van der Waals surface area contributed by atoms with Gasteiger partial charge < -0.3 is 25.3 Å². The quantitative estimate of drug-likeness (QED) is 0.426. The van der Waals surface area contributed by atoms with Crippen molar-refractivity contribution in [3.8, 4) is 0 Å². The number of hydrogen-bond donors (Lipinski definition) is 2. The van der Waals surface area contributed by atoms with E-state index < -0.39 is 0 Å². The molecule has 3 N–H and O–H groups in total. The first-order valence-electron chi connectivity index (χ1n) is 11.7. The number of amides is 2. The number of piperidine rings is 1. The standard InChI is InChI=1S/C25H28N6O3S/c1-27-24(33)23-22(26)15-10-11-17(29-25(15)35-23)18-9-5-6-12-30(18)21(32)13-31-19-8-4-3-7-16(19)28-20(31)14-34-2/h3-4,7-8,10-11,18H,5-6,9,12-14,26H2,1-2H3,(H,27,33). The van der Waals surface area contributed by atoms with Crippen LogP contribution in [0.5, 0.6) is 0 Å². The van der Waals surface area contributed by atoms with E-state index in [-0.39, 0.29) is 24.4 Å². The number of nitrogen functional groups attached to an aromatic ring is 1. The number of ether oxygens (including phenoxy) is 1. The minimum Gasteiger partial charge on any atom is -0.397 e. The van der Waals surface area contributed by atoms with Crippen molar-refractivity contribution in [3.63, 3.8) is 0 Å². The molecule has 0 saturated carbocycles. The highest BCUT2D eigenvalue weighted by Crippen LogP contribution is 2.36. The van der Waals surface area contributed by atoms with Gasteiger partial charge in [0.25, 0.3) is 5.91 Å². The summed E-state index contributed by atoms with van der Waals surface area (Å²) in [5.74, 6) is 0.528. The van der Waals surface area contributed by atoms with Crippen LogP contribution in [0.4, 0.5) is 5.69 Å². The lowest BCUT2D eigenvalue weighted by molar-refractivity contribution is -0.135. The molecule has 2 amide bonds. The molecule has 1 aliphatic rings. The summed E-state index contributed by atoms with van der Waals surface area (Å²) < 4.78 is 7.28. The predicted molar refractivity (Wildman–Crippen MR) is 136 cm³/mol. The lowest BCUT2D eigenvalue weighted by Crippen LogP contribution is -2.40. The molecule has 0 spiro atoms. The molecule has 0 bridgehead atoms. The molecule has 35 heavy (non-hydrogen) atoms. The lowest BCUT2D eigenvalue weighted by atomic mass is 9.98. The van der Waals surface area contributed by atoms with Gasteiger partial charge in [0.05, 0.1) is 28.5 Å². The largest absolute Gasteiger partial charge is 0.397 e. The number of rotatable bonds is 6. The van der Waals surface area contributed by atoms with Gasteiger partial charge in [-0.2, -0.15) is 0 Å². The Labute approximate surface area is 206 Å². The van der Waals surface area contributed by atoms with Crippen molar-refractivity contribution < 1.29 is 14.3 Å². The Morgan fingerprint density at radius 2 is 2.03 bits per heavy atom. The van der Waals surface area contributed by atoms with Crippen molar-refractivity contribution in [3.05, 3.63) is 52.8 Å². The normalized spacial score (nSPS) is 16.2. The Bertz CT molecular complexity index is 1410. The van der Waals surface area contributed by atoms with Gasteiger partial charge in [0.1, 0.15) is 28.7 Å². The SMILES string of the molecule is CNC(=O)c1sc2nc(C3CCCCN3C(=O)Cn3c(COC)nc4ccccc43)ccc2c1N. The average molecular weight is 493 g/mol. The number of carbonyl (C=O) groups is 2. The summed E-state index contributed by atoms with van der Waals surface area (Å²) >= 11 is 1.28. The molecule has 1 saturated heterocycles. The van der Waals surface area contributed by atoms with Gasteiger partial charge in [-0.1, -0.05) is 12.1 Å². The maximum Gasteiger partial charge on any atom is 0.263 e. The first-order valence-corrected chi connectivity index (χ1v) is 12.5. The first kappa shape index (κ1) is 23.3. The van der Waals surface area contributed by atoms with E-state index in [0.29, 0.717) is 28.5 Å². The Balaban J connectivity index is 1.46. The third kappa shape index (κ3) is 4.23. The maximum atomic E-state index is 13.6. The van der Waals surface area contributed by atoms with Gasteiger partial charge in [-0.25, -0.2) is 9.97 Å². The summed E-state index contributed by atoms with van der Waals surface area (Å²) in [6.45, 7) is 1.19. The molecule has 3 aromatic heterocycles. The zero-order valence-electron chi connectivity index (χ0n) is 19.8. The number of likely N-dealkylation sites (tertiary alicyclic amines) is 1. The number of carbonyl (C=O) groups excluding carboxylic acids is 2. The molecule has 182 valence electrons. The van der Waals surface area contributed by atoms with Crippen LogP contribution in [-0.4, -0.2) is 52.0 Å². The number of fused-ring (bicyclic) bond motifs is 2. The minimum absolute atomic E-state index is 0.0221. The molecule has 10 heteroatoms. The van der Waals surface area contributed by atoms with Crippen molar-refractivity contribution >= 4 is 50.1 Å². The van der Waals surface area contributed by atoms with Crippen LogP contribution in [0.15, 0.2) is 36.4 Å². The highest BCUT2D eigenvalue weighted by Gasteiger charge is 2.30. The molecule has 4 aromatic rings. The van der Waals surface area contributed by atoms with Crippen LogP contribution in [0.2, 0.25) is 0 Å². The second kappa shape index (κ2) is 9.63. The minimum atomic E-state index is -0.221. The Morgan fingerprint density at radius 1 is 1.20 bits per heavy atom. The van der Waals surface area contributed by atoms with E-state index in [9.17, 15) is 9.59 Å². The molecule has 9 nitrogen and oxygen atoms in total. The number of para-hydroxylation sites is 2. The summed E-state index contributed by atoms with van der Waals surface area (Å²) in [6, 6.07) is 11.5. The van der Waals surface area contributed by atoms with Crippen LogP contribution in [0.25, 0.3) is 21.3 Å². The number of pyridine rings is 1. The Morgan fingerprint density at radius 3 is 2.83 bits per heavy atom. The molecular formula is C25H28N6O3S. The van der Waals surface area contributed by atoms with Gasteiger partial charge in [-0.05, 0) is 43.5 Å². The van der Waals surface area contributed by atoms with Crippen LogP contribution in [0.3, 0.4) is 0 Å². The summed E-state index contributed by atoms with van der Waals surface area (Å²) in [5.41, 5.74) is 9.23. The Kier molecular flexibility index (Phi) is 6.40. The molecule has 5 rings (SSSR count). The molecule has 0 aliphatic carbocycles. The highest BCUT2D eigenvalue weighted by molar-refractivity contribution is 7.21. The van der Waals surface area contributed by atoms with Crippen molar-refractivity contribution in [2.45, 2.75) is 38.5 Å². The number of hydrogen-bond acceptors (Lipinski definition) is 7. The Hall–Kier alpha value is -3.50. The van der Waals surface area contributed by atoms with Gasteiger partial charge in [-0.3, -0.25) is 9.59 Å². The van der Waals surface area contributed by atoms with E-state index in [2.05, 4.69) is 10.3 Å². The highest BCUT2D eigenvalue weighted by atomic mass is 32.1. The average Bonchev–Trinajstić information content (AvgIpc) is 3.40. The van der Waals surface area contributed by atoms with E-state index >= 15 is 0 Å². The van der Waals surface area contributed by atoms with Crippen molar-refractivity contribution in [1.29, 1.82) is 0 Å². The number of nitrogens with zero attached hydrogens (tertiary/aromatic N) is 4. The third-order valence-electron chi connectivity index (χ3n) is 6.51. The number of nitrogens with two attached hydrogens (primary N) is 1. The number of thiophene rings is 1. The van der Waals surface area contributed by atoms with Gasteiger partial charge in [0, 0.05) is 26.1 Å². The zero-order chi connectivity index (χ0) is 24.5. The molecule has 1 unspecified atom stereocenters. The van der Waals surface area contributed by atoms with Gasteiger partial charge in [0.2, 0.25) is 5.91 Å². The zero-order valence-corrected chi connectivity index (χ0v) is 20.6. The summed E-state index contributed by atoms with van der Waals surface area (Å²) in [5, 5.41) is 3.39. The fraction of sp³-hybridized carbons (Fsp3) is 0.360. The van der Waals surface area contributed by atoms with Crippen LogP contribution < -0.4 is 11.1 Å². The molecule has 1 aromatic carbocycles. The van der Waals surface area contributed by atoms with Crippen molar-refractivity contribution in [2.24, 2.45) is 0 Å². The number of nitrogens with one attached hydrogen (secondary N) is 1. The summed E-state index contributed by atoms with van der Waals surface area (Å²) in [7, 11) is 3.21. The lowest BCUT2D eigenvalue weighted by Gasteiger charge is -2.35. The number of methoxy groups -OCH3 is 1. The van der Waals surface area contributed by atoms with Crippen LogP contribution >= 0.6 is 11.3 Å². The van der Waals surface area contributed by atoms with Crippen LogP contribution in [-0.2, 0) is 22.7 Å². The second-order valence-corrected chi connectivity index (χ2v) is 9.65. The fourth-order valence-electron chi connectivity index (χ4n) is 4.78. The molecule has 1 aliphatic heterocycles. The van der Waals surface area contributed by atoms with E-state index in [1.54, 1.807) is 14.2 Å². The van der Waals surface area contributed by atoms with E-state index in [0.717, 1.165) is 47.2 Å². The monoisotopic (exact) mass is 492 g/mol. The van der Waals surface area contributed by atoms with E-state index in [1.165, 1.54) is 11.3 Å². The predicted octanol–water partition coefficient (Wildman–Crippen LogP) is 3.49. The summed E-state index contributed by atoms with van der Waals surface area (Å²) in [6.07, 6.45) is 2.81. The smallest absolute Gasteiger partial charge is 0.263 e. The van der Waals surface area contributed by atoms with Gasteiger partial charge in [-0.15, -0.1) is 11.3 Å².